The van der Waals surface area contributed by atoms with Crippen molar-refractivity contribution in [3.63, 3.8) is 0 Å². The second-order valence-electron chi connectivity index (χ2n) is 3.91. The fourth-order valence-corrected chi connectivity index (χ4v) is 1.85. The van der Waals surface area contributed by atoms with Crippen molar-refractivity contribution in [1.82, 2.24) is 20.1 Å². The molecule has 2 aromatic rings. The second-order valence-corrected chi connectivity index (χ2v) is 4.83. The Kier molecular flexibility index (Phi) is 4.28. The van der Waals surface area contributed by atoms with Gasteiger partial charge in [-0.25, -0.2) is 13.6 Å². The minimum absolute atomic E-state index is 0.0854. The highest BCUT2D eigenvalue weighted by atomic mass is 79.9. The molecule has 0 fully saturated rings. The molecule has 0 saturated carbocycles. The van der Waals surface area contributed by atoms with Crippen molar-refractivity contribution in [2.45, 2.75) is 6.54 Å². The van der Waals surface area contributed by atoms with E-state index in [1.807, 2.05) is 0 Å². The molecule has 0 aliphatic rings. The fraction of sp³-hybridized carbons (Fsp3) is 0.182. The molecule has 2 N–H and O–H groups in total. The van der Waals surface area contributed by atoms with E-state index in [9.17, 15) is 13.6 Å². The number of nitrogens with one attached hydrogen (secondary N) is 2. The van der Waals surface area contributed by atoms with Crippen LogP contribution in [-0.2, 0) is 13.6 Å². The Balaban J connectivity index is 2.00. The van der Waals surface area contributed by atoms with E-state index in [2.05, 4.69) is 36.8 Å². The Morgan fingerprint density at radius 3 is 2.60 bits per heavy atom. The summed E-state index contributed by atoms with van der Waals surface area (Å²) in [4.78, 5) is 11.6. The molecule has 1 aromatic heterocycles. The molecule has 2 amide bonds. The lowest BCUT2D eigenvalue weighted by molar-refractivity contribution is 0.251. The van der Waals surface area contributed by atoms with E-state index < -0.39 is 23.4 Å². The van der Waals surface area contributed by atoms with Gasteiger partial charge >= 0.3 is 6.03 Å². The standard InChI is InChI=1S/C11H10BrF2N5O/c1-19-5-16-18-9(19)4-15-11(20)17-10-7(13)2-6(12)3-8(10)14/h2-3,5H,4H2,1H3,(H2,15,17,20). The maximum Gasteiger partial charge on any atom is 0.319 e. The molecular formula is C11H10BrF2N5O. The summed E-state index contributed by atoms with van der Waals surface area (Å²) in [6, 6.07) is 1.37. The molecule has 0 saturated heterocycles. The van der Waals surface area contributed by atoms with Gasteiger partial charge in [-0.15, -0.1) is 10.2 Å². The molecule has 0 bridgehead atoms. The van der Waals surface area contributed by atoms with Gasteiger partial charge in [-0.05, 0) is 12.1 Å². The summed E-state index contributed by atoms with van der Waals surface area (Å²) in [6.45, 7) is 0.0854. The molecule has 2 rings (SSSR count). The van der Waals surface area contributed by atoms with Gasteiger partial charge in [0.1, 0.15) is 12.0 Å². The third-order valence-corrected chi connectivity index (χ3v) is 2.92. The van der Waals surface area contributed by atoms with E-state index in [4.69, 9.17) is 0 Å². The lowest BCUT2D eigenvalue weighted by Crippen LogP contribution is -2.30. The zero-order valence-corrected chi connectivity index (χ0v) is 11.9. The number of hydrogen-bond donors (Lipinski definition) is 2. The molecule has 0 unspecified atom stereocenters. The van der Waals surface area contributed by atoms with Crippen LogP contribution in [0.15, 0.2) is 22.9 Å². The van der Waals surface area contributed by atoms with Crippen molar-refractivity contribution >= 4 is 27.6 Å². The van der Waals surface area contributed by atoms with Crippen molar-refractivity contribution in [3.05, 3.63) is 40.4 Å². The number of halogens is 3. The molecule has 1 aromatic carbocycles. The maximum absolute atomic E-state index is 13.5. The number of nitrogens with zero attached hydrogens (tertiary/aromatic N) is 3. The first-order valence-corrected chi connectivity index (χ1v) is 6.29. The van der Waals surface area contributed by atoms with Gasteiger partial charge in [0.25, 0.3) is 0 Å². The largest absolute Gasteiger partial charge is 0.331 e. The molecule has 0 spiro atoms. The summed E-state index contributed by atoms with van der Waals surface area (Å²) >= 11 is 2.95. The van der Waals surface area contributed by atoms with E-state index in [-0.39, 0.29) is 11.0 Å². The highest BCUT2D eigenvalue weighted by Gasteiger charge is 2.13. The zero-order chi connectivity index (χ0) is 14.7. The van der Waals surface area contributed by atoms with Crippen LogP contribution in [0.4, 0.5) is 19.3 Å². The average molecular weight is 346 g/mol. The SMILES string of the molecule is Cn1cnnc1CNC(=O)Nc1c(F)cc(Br)cc1F. The third kappa shape index (κ3) is 3.29. The highest BCUT2D eigenvalue weighted by molar-refractivity contribution is 9.10. The number of carbonyl (C=O) groups is 1. The molecule has 1 heterocycles. The van der Waals surface area contributed by atoms with Crippen LogP contribution >= 0.6 is 15.9 Å². The van der Waals surface area contributed by atoms with Gasteiger partial charge in [0.2, 0.25) is 0 Å². The second kappa shape index (κ2) is 5.95. The summed E-state index contributed by atoms with van der Waals surface area (Å²) in [5.41, 5.74) is -0.510. The average Bonchev–Trinajstić information content (AvgIpc) is 2.77. The van der Waals surface area contributed by atoms with Crippen LogP contribution in [0.5, 0.6) is 0 Å². The van der Waals surface area contributed by atoms with Crippen molar-refractivity contribution < 1.29 is 13.6 Å². The first kappa shape index (κ1) is 14.4. The normalized spacial score (nSPS) is 10.4. The number of aromatic nitrogens is 3. The first-order chi connectivity index (χ1) is 9.47. The van der Waals surface area contributed by atoms with Crippen LogP contribution in [0.3, 0.4) is 0 Å². The van der Waals surface area contributed by atoms with Gasteiger partial charge in [-0.1, -0.05) is 15.9 Å². The Morgan fingerprint density at radius 1 is 1.40 bits per heavy atom. The van der Waals surface area contributed by atoms with Gasteiger partial charge in [0.05, 0.1) is 6.54 Å². The summed E-state index contributed by atoms with van der Waals surface area (Å²) in [5, 5.41) is 11.9. The lowest BCUT2D eigenvalue weighted by Gasteiger charge is -2.09. The monoisotopic (exact) mass is 345 g/mol. The van der Waals surface area contributed by atoms with E-state index in [0.717, 1.165) is 12.1 Å². The fourth-order valence-electron chi connectivity index (χ4n) is 1.45. The predicted octanol–water partition coefficient (Wildman–Crippen LogP) is 2.18. The number of anilines is 1. The molecule has 106 valence electrons. The Labute approximate surface area is 121 Å². The van der Waals surface area contributed by atoms with Gasteiger partial charge < -0.3 is 15.2 Å². The van der Waals surface area contributed by atoms with Gasteiger partial charge in [0.15, 0.2) is 17.5 Å². The Hall–Kier alpha value is -2.03. The van der Waals surface area contributed by atoms with Crippen LogP contribution in [0.2, 0.25) is 0 Å². The Bertz CT molecular complexity index is 622. The van der Waals surface area contributed by atoms with Crippen LogP contribution in [-0.4, -0.2) is 20.8 Å². The maximum atomic E-state index is 13.5. The molecular weight excluding hydrogens is 336 g/mol. The highest BCUT2D eigenvalue weighted by Crippen LogP contribution is 2.23. The molecule has 9 heteroatoms. The zero-order valence-electron chi connectivity index (χ0n) is 10.3. The first-order valence-electron chi connectivity index (χ1n) is 5.49. The van der Waals surface area contributed by atoms with E-state index in [1.165, 1.54) is 6.33 Å². The summed E-state index contributed by atoms with van der Waals surface area (Å²) < 4.78 is 28.9. The number of urea groups is 1. The van der Waals surface area contributed by atoms with Crippen molar-refractivity contribution in [2.75, 3.05) is 5.32 Å². The molecule has 6 nitrogen and oxygen atoms in total. The minimum Gasteiger partial charge on any atom is -0.331 e. The van der Waals surface area contributed by atoms with E-state index >= 15 is 0 Å². The van der Waals surface area contributed by atoms with Crippen LogP contribution in [0.25, 0.3) is 0 Å². The van der Waals surface area contributed by atoms with E-state index in [1.54, 1.807) is 11.6 Å². The number of amides is 2. The molecule has 0 aliphatic carbocycles. The predicted molar refractivity (Wildman–Crippen MR) is 70.9 cm³/mol. The van der Waals surface area contributed by atoms with Crippen LogP contribution in [0, 0.1) is 11.6 Å². The van der Waals surface area contributed by atoms with Crippen molar-refractivity contribution in [2.24, 2.45) is 7.05 Å². The number of carbonyl (C=O) groups excluding carboxylic acids is 1. The molecule has 0 aliphatic heterocycles. The summed E-state index contributed by atoms with van der Waals surface area (Å²) in [5.74, 6) is -1.23. The molecule has 0 atom stereocenters. The number of rotatable bonds is 3. The van der Waals surface area contributed by atoms with Gasteiger partial charge in [-0.2, -0.15) is 0 Å². The molecule has 0 radical (unpaired) electrons. The smallest absolute Gasteiger partial charge is 0.319 e. The summed E-state index contributed by atoms with van der Waals surface area (Å²) in [7, 11) is 1.71. The quantitative estimate of drug-likeness (QED) is 0.895. The number of benzene rings is 1. The van der Waals surface area contributed by atoms with Gasteiger partial charge in [0, 0.05) is 11.5 Å². The topological polar surface area (TPSA) is 71.8 Å². The summed E-state index contributed by atoms with van der Waals surface area (Å²) in [6.07, 6.45) is 1.48. The van der Waals surface area contributed by atoms with Crippen LogP contribution < -0.4 is 10.6 Å². The lowest BCUT2D eigenvalue weighted by atomic mass is 10.3. The van der Waals surface area contributed by atoms with Crippen LogP contribution in [0.1, 0.15) is 5.82 Å². The van der Waals surface area contributed by atoms with Crippen molar-refractivity contribution in [3.8, 4) is 0 Å². The minimum atomic E-state index is -0.870. The Morgan fingerprint density at radius 2 is 2.05 bits per heavy atom. The molecule has 20 heavy (non-hydrogen) atoms. The van der Waals surface area contributed by atoms with Gasteiger partial charge in [-0.3, -0.25) is 0 Å². The number of aryl methyl sites for hydroxylation is 1. The van der Waals surface area contributed by atoms with Crippen molar-refractivity contribution in [1.29, 1.82) is 0 Å². The third-order valence-electron chi connectivity index (χ3n) is 2.46. The number of hydrogen-bond acceptors (Lipinski definition) is 3. The van der Waals surface area contributed by atoms with E-state index in [0.29, 0.717) is 5.82 Å².